The number of hydrogen-bond donors (Lipinski definition) is 0. The van der Waals surface area contributed by atoms with Crippen LogP contribution in [0.15, 0.2) is 12.8 Å². The van der Waals surface area contributed by atoms with Gasteiger partial charge in [0.25, 0.3) is 0 Å². The first-order valence-electron chi connectivity index (χ1n) is 1.81. The maximum atomic E-state index is 4.69. The van der Waals surface area contributed by atoms with Crippen LogP contribution in [0.25, 0.3) is 0 Å². The monoisotopic (exact) mass is 104 g/mol. The highest BCUT2D eigenvalue weighted by Crippen LogP contribution is 2.08. The van der Waals surface area contributed by atoms with Crippen molar-refractivity contribution in [1.82, 2.24) is 0 Å². The highest BCUT2D eigenvalue weighted by molar-refractivity contribution is 4.60. The third-order valence-corrected chi connectivity index (χ3v) is 0.551. The van der Waals surface area contributed by atoms with Gasteiger partial charge in [0.15, 0.2) is 0 Å². The molecule has 1 rings (SSSR count). The van der Waals surface area contributed by atoms with E-state index < -0.39 is 0 Å². The summed E-state index contributed by atoms with van der Waals surface area (Å²) in [7, 11) is 0. The minimum Gasteiger partial charge on any atom is -0.471 e. The first-order chi connectivity index (χ1) is 2.93. The van der Waals surface area contributed by atoms with Gasteiger partial charge < -0.3 is 14.9 Å². The molecule has 0 aromatic heterocycles. The van der Waals surface area contributed by atoms with E-state index in [-0.39, 0.29) is 11.8 Å². The third kappa shape index (κ3) is 2.19. The van der Waals surface area contributed by atoms with Crippen molar-refractivity contribution in [2.45, 2.75) is 6.29 Å². The third-order valence-electron chi connectivity index (χ3n) is 0.551. The molecule has 3 heteroatoms. The molecule has 0 saturated carbocycles. The molecule has 1 fully saturated rings. The fourth-order valence-electron chi connectivity index (χ4n) is 0.225. The molecule has 2 N–H and O–H groups in total. The Morgan fingerprint density at radius 2 is 2.43 bits per heavy atom. The summed E-state index contributed by atoms with van der Waals surface area (Å²) in [4.78, 5) is 0. The smallest absolute Gasteiger partial charge is 0.222 e. The summed E-state index contributed by atoms with van der Waals surface area (Å²) in [6, 6.07) is 0. The molecule has 1 saturated heterocycles. The highest BCUT2D eigenvalue weighted by Gasteiger charge is 2.21. The lowest BCUT2D eigenvalue weighted by Crippen LogP contribution is -1.81. The Balaban J connectivity index is 0.000000360. The van der Waals surface area contributed by atoms with Gasteiger partial charge in [0.1, 0.15) is 6.61 Å². The van der Waals surface area contributed by atoms with Gasteiger partial charge in [-0.2, -0.15) is 0 Å². The molecular formula is C4H8O3. The lowest BCUT2D eigenvalue weighted by Gasteiger charge is -1.84. The van der Waals surface area contributed by atoms with Crippen molar-refractivity contribution in [3.8, 4) is 0 Å². The molecule has 0 aromatic rings. The van der Waals surface area contributed by atoms with Crippen LogP contribution >= 0.6 is 0 Å². The fourth-order valence-corrected chi connectivity index (χ4v) is 0.225. The number of rotatable bonds is 2. The zero-order valence-corrected chi connectivity index (χ0v) is 3.89. The van der Waals surface area contributed by atoms with Crippen LogP contribution in [0.2, 0.25) is 0 Å². The van der Waals surface area contributed by atoms with E-state index in [9.17, 15) is 0 Å². The molecule has 0 aromatic carbocycles. The standard InChI is InChI=1S/C4H6O2.H2O/c1-2-5-4-3-6-4;/h2,4H,1,3H2;1H2/t4-;/m0./s1. The zero-order valence-electron chi connectivity index (χ0n) is 3.89. The quantitative estimate of drug-likeness (QED) is 0.356. The van der Waals surface area contributed by atoms with E-state index in [1.165, 1.54) is 6.26 Å². The van der Waals surface area contributed by atoms with Crippen molar-refractivity contribution < 1.29 is 14.9 Å². The van der Waals surface area contributed by atoms with Gasteiger partial charge >= 0.3 is 0 Å². The van der Waals surface area contributed by atoms with Crippen molar-refractivity contribution in [2.75, 3.05) is 6.61 Å². The lowest BCUT2D eigenvalue weighted by molar-refractivity contribution is 0.132. The van der Waals surface area contributed by atoms with Gasteiger partial charge in [-0.15, -0.1) is 0 Å². The van der Waals surface area contributed by atoms with Crippen molar-refractivity contribution in [3.63, 3.8) is 0 Å². The van der Waals surface area contributed by atoms with Crippen molar-refractivity contribution in [1.29, 1.82) is 0 Å². The molecule has 1 aliphatic rings. The summed E-state index contributed by atoms with van der Waals surface area (Å²) in [5.74, 6) is 0. The summed E-state index contributed by atoms with van der Waals surface area (Å²) >= 11 is 0. The molecule has 1 atom stereocenters. The van der Waals surface area contributed by atoms with Gasteiger partial charge in [0.05, 0.1) is 6.26 Å². The van der Waals surface area contributed by atoms with Crippen molar-refractivity contribution in [2.24, 2.45) is 0 Å². The minimum atomic E-state index is 0. The van der Waals surface area contributed by atoms with Gasteiger partial charge in [-0.25, -0.2) is 0 Å². The van der Waals surface area contributed by atoms with Crippen LogP contribution in [0, 0.1) is 0 Å². The van der Waals surface area contributed by atoms with E-state index in [4.69, 9.17) is 4.74 Å². The topological polar surface area (TPSA) is 53.3 Å². The normalized spacial score (nSPS) is 24.9. The van der Waals surface area contributed by atoms with E-state index in [1.807, 2.05) is 0 Å². The van der Waals surface area contributed by atoms with Gasteiger partial charge in [-0.1, -0.05) is 6.58 Å². The minimum absolute atomic E-state index is 0. The number of epoxide rings is 1. The summed E-state index contributed by atoms with van der Waals surface area (Å²) in [5.41, 5.74) is 0. The molecule has 42 valence electrons. The van der Waals surface area contributed by atoms with Crippen LogP contribution in [0.3, 0.4) is 0 Å². The molecule has 0 aliphatic carbocycles. The van der Waals surface area contributed by atoms with Gasteiger partial charge in [-0.05, 0) is 0 Å². The average Bonchev–Trinajstić information content (AvgIpc) is 2.21. The first kappa shape index (κ1) is 6.46. The van der Waals surface area contributed by atoms with E-state index >= 15 is 0 Å². The molecule has 1 aliphatic heterocycles. The molecule has 7 heavy (non-hydrogen) atoms. The van der Waals surface area contributed by atoms with E-state index in [0.29, 0.717) is 0 Å². The molecule has 0 radical (unpaired) electrons. The Kier molecular flexibility index (Phi) is 2.40. The van der Waals surface area contributed by atoms with E-state index in [2.05, 4.69) is 11.3 Å². The summed E-state index contributed by atoms with van der Waals surface area (Å²) in [5, 5.41) is 0. The SMILES string of the molecule is C=CO[C@@H]1CO1.O. The second-order valence-electron chi connectivity index (χ2n) is 1.07. The molecule has 0 amide bonds. The maximum Gasteiger partial charge on any atom is 0.222 e. The molecular weight excluding hydrogens is 96.0 g/mol. The second-order valence-corrected chi connectivity index (χ2v) is 1.07. The molecule has 3 nitrogen and oxygen atoms in total. The second kappa shape index (κ2) is 2.60. The van der Waals surface area contributed by atoms with Gasteiger partial charge in [0, 0.05) is 0 Å². The molecule has 1 heterocycles. The average molecular weight is 104 g/mol. The van der Waals surface area contributed by atoms with E-state index in [1.54, 1.807) is 0 Å². The lowest BCUT2D eigenvalue weighted by atomic mass is 10.9. The van der Waals surface area contributed by atoms with E-state index in [0.717, 1.165) is 6.61 Å². The van der Waals surface area contributed by atoms with Gasteiger partial charge in [0.2, 0.25) is 6.29 Å². The maximum absolute atomic E-state index is 4.69. The predicted octanol–water partition coefficient (Wildman–Crippen LogP) is -0.322. The molecule has 0 unspecified atom stereocenters. The summed E-state index contributed by atoms with van der Waals surface area (Å²) in [6.45, 7) is 4.07. The Bertz CT molecular complexity index is 58.0. The Labute approximate surface area is 41.8 Å². The predicted molar refractivity (Wildman–Crippen MR) is 24.6 cm³/mol. The van der Waals surface area contributed by atoms with Gasteiger partial charge in [-0.3, -0.25) is 0 Å². The van der Waals surface area contributed by atoms with Crippen molar-refractivity contribution in [3.05, 3.63) is 12.8 Å². The van der Waals surface area contributed by atoms with Crippen LogP contribution in [-0.4, -0.2) is 18.4 Å². The van der Waals surface area contributed by atoms with Crippen LogP contribution in [0.1, 0.15) is 0 Å². The Hall–Kier alpha value is -0.540. The van der Waals surface area contributed by atoms with Crippen molar-refractivity contribution >= 4 is 0 Å². The highest BCUT2D eigenvalue weighted by atomic mass is 16.8. The summed E-state index contributed by atoms with van der Waals surface area (Å²) in [6.07, 6.45) is 1.42. The van der Waals surface area contributed by atoms with Crippen LogP contribution in [0.5, 0.6) is 0 Å². The van der Waals surface area contributed by atoms with Crippen LogP contribution in [-0.2, 0) is 9.47 Å². The van der Waals surface area contributed by atoms with Crippen LogP contribution < -0.4 is 0 Å². The largest absolute Gasteiger partial charge is 0.471 e. The number of hydrogen-bond acceptors (Lipinski definition) is 2. The molecule has 0 spiro atoms. The van der Waals surface area contributed by atoms with Crippen LogP contribution in [0.4, 0.5) is 0 Å². The molecule has 0 bridgehead atoms. The Morgan fingerprint density at radius 1 is 1.86 bits per heavy atom. The summed E-state index contributed by atoms with van der Waals surface area (Å²) < 4.78 is 9.35. The zero-order chi connectivity index (χ0) is 4.41. The fraction of sp³-hybridized carbons (Fsp3) is 0.500. The number of ether oxygens (including phenoxy) is 2. The Morgan fingerprint density at radius 3 is 2.57 bits per heavy atom. The first-order valence-corrected chi connectivity index (χ1v) is 1.81.